The smallest absolute Gasteiger partial charge is 0.324 e. The molecular formula is C29H28FN7O3. The molecule has 10 nitrogen and oxygen atoms in total. The molecule has 0 saturated carbocycles. The van der Waals surface area contributed by atoms with E-state index in [0.29, 0.717) is 41.0 Å². The highest BCUT2D eigenvalue weighted by Crippen LogP contribution is 2.38. The maximum absolute atomic E-state index is 15.0. The molecule has 3 N–H and O–H groups in total. The number of hydrogen-bond donors (Lipinski definition) is 3. The first-order valence-corrected chi connectivity index (χ1v) is 12.7. The van der Waals surface area contributed by atoms with E-state index in [4.69, 9.17) is 9.47 Å². The van der Waals surface area contributed by atoms with Crippen molar-refractivity contribution in [1.29, 1.82) is 5.26 Å². The average Bonchev–Trinajstić information content (AvgIpc) is 3.20. The molecule has 0 radical (unpaired) electrons. The topological polar surface area (TPSA) is 126 Å². The van der Waals surface area contributed by atoms with E-state index < -0.39 is 11.8 Å². The summed E-state index contributed by atoms with van der Waals surface area (Å²) in [6.07, 6.45) is 2.40. The molecule has 0 fully saturated rings. The molecule has 11 heteroatoms. The van der Waals surface area contributed by atoms with Crippen LogP contribution in [0.25, 0.3) is 5.69 Å². The van der Waals surface area contributed by atoms with Gasteiger partial charge in [-0.15, -0.1) is 0 Å². The molecule has 0 spiro atoms. The number of carbonyl (C=O) groups is 1. The summed E-state index contributed by atoms with van der Waals surface area (Å²) in [7, 11) is 0. The molecule has 2 aromatic carbocycles. The van der Waals surface area contributed by atoms with Gasteiger partial charge in [0.25, 0.3) is 0 Å². The quantitative estimate of drug-likeness (QED) is 0.274. The fourth-order valence-corrected chi connectivity index (χ4v) is 4.03. The highest BCUT2D eigenvalue weighted by Gasteiger charge is 2.22. The van der Waals surface area contributed by atoms with Crippen LogP contribution in [-0.2, 0) is 5.41 Å². The summed E-state index contributed by atoms with van der Waals surface area (Å²) in [6.45, 7) is 7.24. The Morgan fingerprint density at radius 2 is 2.02 bits per heavy atom. The van der Waals surface area contributed by atoms with Crippen molar-refractivity contribution in [2.45, 2.75) is 32.6 Å². The van der Waals surface area contributed by atoms with Crippen LogP contribution in [-0.4, -0.2) is 33.9 Å². The van der Waals surface area contributed by atoms with E-state index in [1.54, 1.807) is 53.3 Å². The lowest BCUT2D eigenvalue weighted by Crippen LogP contribution is -2.22. The predicted molar refractivity (Wildman–Crippen MR) is 149 cm³/mol. The van der Waals surface area contributed by atoms with Crippen LogP contribution in [0.1, 0.15) is 38.4 Å². The van der Waals surface area contributed by atoms with Crippen molar-refractivity contribution in [2.24, 2.45) is 0 Å². The molecule has 2 aromatic heterocycles. The third-order valence-electron chi connectivity index (χ3n) is 6.08. The minimum absolute atomic E-state index is 0.0371. The van der Waals surface area contributed by atoms with E-state index in [-0.39, 0.29) is 16.9 Å². The van der Waals surface area contributed by atoms with Crippen LogP contribution in [0.5, 0.6) is 17.2 Å². The number of carbonyl (C=O) groups excluding carboxylic acids is 1. The molecule has 0 aliphatic carbocycles. The molecule has 5 rings (SSSR count). The highest BCUT2D eigenvalue weighted by molar-refractivity contribution is 5.99. The number of nitrogens with one attached hydrogen (secondary N) is 3. The Kier molecular flexibility index (Phi) is 7.25. The van der Waals surface area contributed by atoms with E-state index in [1.165, 1.54) is 12.1 Å². The Morgan fingerprint density at radius 3 is 2.80 bits per heavy atom. The number of fused-ring (bicyclic) bond motifs is 1. The van der Waals surface area contributed by atoms with Crippen molar-refractivity contribution in [1.82, 2.24) is 14.8 Å². The second-order valence-electron chi connectivity index (χ2n) is 10.2. The maximum Gasteiger partial charge on any atom is 0.324 e. The zero-order valence-corrected chi connectivity index (χ0v) is 22.3. The Balaban J connectivity index is 1.34. The van der Waals surface area contributed by atoms with Crippen molar-refractivity contribution in [3.8, 4) is 29.0 Å². The van der Waals surface area contributed by atoms with E-state index in [0.717, 1.165) is 18.7 Å². The van der Waals surface area contributed by atoms with Gasteiger partial charge in [-0.2, -0.15) is 10.4 Å². The van der Waals surface area contributed by atoms with Crippen LogP contribution in [0.15, 0.2) is 60.8 Å². The van der Waals surface area contributed by atoms with Gasteiger partial charge in [-0.25, -0.2) is 18.9 Å². The summed E-state index contributed by atoms with van der Waals surface area (Å²) in [5.41, 5.74) is 1.44. The fraction of sp³-hybridized carbons (Fsp3) is 0.241. The van der Waals surface area contributed by atoms with Crippen molar-refractivity contribution in [2.75, 3.05) is 29.1 Å². The van der Waals surface area contributed by atoms with Crippen LogP contribution in [0.2, 0.25) is 0 Å². The van der Waals surface area contributed by atoms with Gasteiger partial charge in [-0.1, -0.05) is 26.8 Å². The summed E-state index contributed by atoms with van der Waals surface area (Å²) < 4.78 is 28.2. The van der Waals surface area contributed by atoms with Gasteiger partial charge in [0.2, 0.25) is 5.75 Å². The number of halogens is 1. The molecule has 4 aromatic rings. The first-order chi connectivity index (χ1) is 19.2. The number of urea groups is 1. The van der Waals surface area contributed by atoms with Crippen LogP contribution < -0.4 is 25.4 Å². The number of anilines is 3. The fourth-order valence-electron chi connectivity index (χ4n) is 4.03. The lowest BCUT2D eigenvalue weighted by atomic mass is 9.92. The monoisotopic (exact) mass is 541 g/mol. The second-order valence-corrected chi connectivity index (χ2v) is 10.2. The molecule has 0 unspecified atom stereocenters. The number of ether oxygens (including phenoxy) is 2. The Bertz CT molecular complexity index is 1600. The Labute approximate surface area is 230 Å². The number of nitrogens with zero attached hydrogens (tertiary/aromatic N) is 4. The largest absolute Gasteiger partial charge is 0.486 e. The molecule has 0 saturated heterocycles. The van der Waals surface area contributed by atoms with E-state index >= 15 is 4.39 Å². The zero-order valence-electron chi connectivity index (χ0n) is 22.3. The number of aromatic nitrogens is 3. The molecule has 2 amide bonds. The van der Waals surface area contributed by atoms with Gasteiger partial charge in [0.1, 0.15) is 17.4 Å². The number of hydrogen-bond acceptors (Lipinski definition) is 7. The number of nitriles is 1. The SMILES string of the molecule is CC(C)(C)c1cc(NC(=O)Nc2ccc(Oc3ccnc4c3OCCCN4)cc2F)n(-c2cccc(C#N)c2)n1. The summed E-state index contributed by atoms with van der Waals surface area (Å²) in [5, 5.41) is 22.4. The molecular weight excluding hydrogens is 513 g/mol. The summed E-state index contributed by atoms with van der Waals surface area (Å²) in [4.78, 5) is 17.2. The maximum atomic E-state index is 15.0. The minimum Gasteiger partial charge on any atom is -0.486 e. The third kappa shape index (κ3) is 5.81. The lowest BCUT2D eigenvalue weighted by Gasteiger charge is -2.14. The number of benzene rings is 2. The van der Waals surface area contributed by atoms with Gasteiger partial charge >= 0.3 is 6.03 Å². The van der Waals surface area contributed by atoms with Crippen molar-refractivity contribution in [3.05, 3.63) is 77.9 Å². The van der Waals surface area contributed by atoms with Gasteiger partial charge < -0.3 is 20.1 Å². The van der Waals surface area contributed by atoms with Crippen LogP contribution in [0.4, 0.5) is 26.5 Å². The summed E-state index contributed by atoms with van der Waals surface area (Å²) in [5.74, 6) is 1.35. The highest BCUT2D eigenvalue weighted by atomic mass is 19.1. The van der Waals surface area contributed by atoms with Gasteiger partial charge in [-0.05, 0) is 36.8 Å². The molecule has 40 heavy (non-hydrogen) atoms. The van der Waals surface area contributed by atoms with E-state index in [2.05, 4.69) is 32.1 Å². The normalized spacial score (nSPS) is 12.7. The van der Waals surface area contributed by atoms with E-state index in [9.17, 15) is 10.1 Å². The number of rotatable bonds is 5. The molecule has 0 atom stereocenters. The molecule has 1 aliphatic heterocycles. The Morgan fingerprint density at radius 1 is 1.18 bits per heavy atom. The zero-order chi connectivity index (χ0) is 28.3. The van der Waals surface area contributed by atoms with Gasteiger partial charge in [0.05, 0.1) is 35.3 Å². The van der Waals surface area contributed by atoms with Gasteiger partial charge in [0, 0.05) is 36.4 Å². The van der Waals surface area contributed by atoms with Crippen LogP contribution >= 0.6 is 0 Å². The number of pyridine rings is 1. The predicted octanol–water partition coefficient (Wildman–Crippen LogP) is 6.21. The first-order valence-electron chi connectivity index (χ1n) is 12.7. The third-order valence-corrected chi connectivity index (χ3v) is 6.08. The van der Waals surface area contributed by atoms with Gasteiger partial charge in [0.15, 0.2) is 11.6 Å². The molecule has 204 valence electrons. The molecule has 3 heterocycles. The van der Waals surface area contributed by atoms with Crippen molar-refractivity contribution >= 4 is 23.4 Å². The summed E-state index contributed by atoms with van der Waals surface area (Å²) >= 11 is 0. The second kappa shape index (κ2) is 10.9. The minimum atomic E-state index is -0.683. The van der Waals surface area contributed by atoms with Crippen LogP contribution in [0.3, 0.4) is 0 Å². The Hall–Kier alpha value is -5.11. The molecule has 0 bridgehead atoms. The van der Waals surface area contributed by atoms with E-state index in [1.807, 2.05) is 20.8 Å². The van der Waals surface area contributed by atoms with Crippen molar-refractivity contribution in [3.63, 3.8) is 0 Å². The lowest BCUT2D eigenvalue weighted by molar-refractivity contribution is 0.262. The summed E-state index contributed by atoms with van der Waals surface area (Å²) in [6, 6.07) is 15.9. The van der Waals surface area contributed by atoms with Gasteiger partial charge in [-0.3, -0.25) is 5.32 Å². The van der Waals surface area contributed by atoms with Crippen LogP contribution in [0, 0.1) is 17.1 Å². The molecule has 1 aliphatic rings. The van der Waals surface area contributed by atoms with Crippen molar-refractivity contribution < 1.29 is 18.7 Å². The standard InChI is InChI=1S/C29H28FN7O3/c1-29(2,3)24-16-25(37(36-24)19-7-4-6-18(14-19)17-31)35-28(38)34-22-9-8-20(15-21(22)30)40-23-10-12-33-27-26(23)39-13-5-11-32-27/h4,6-10,12,14-16H,5,11,13H2,1-3H3,(H,32,33)(H2,34,35,38). The first kappa shape index (κ1) is 26.5. The number of amides is 2. The average molecular weight is 542 g/mol.